The lowest BCUT2D eigenvalue weighted by Crippen LogP contribution is -2.29. The molecule has 2 aromatic carbocycles. The van der Waals surface area contributed by atoms with E-state index in [1.165, 1.54) is 11.8 Å². The van der Waals surface area contributed by atoms with Gasteiger partial charge in [-0.3, -0.25) is 14.2 Å². The van der Waals surface area contributed by atoms with Gasteiger partial charge in [0.25, 0.3) is 5.56 Å². The number of aryl methyl sites for hydroxylation is 2. The molecular formula is C24H26N2O3S. The van der Waals surface area contributed by atoms with Crippen LogP contribution in [-0.4, -0.2) is 33.3 Å². The largest absolute Gasteiger partial charge is 0.376 e. The Morgan fingerprint density at radius 1 is 1.23 bits per heavy atom. The molecule has 0 amide bonds. The maximum atomic E-state index is 13.2. The van der Waals surface area contributed by atoms with Crippen molar-refractivity contribution in [1.29, 1.82) is 0 Å². The SMILES string of the molecule is Cc1ccc(C(=O)[C@H](C)Sc2nc3ccccc3c(=O)n2C[C@H]2CCCO2)cc1C. The minimum Gasteiger partial charge on any atom is -0.376 e. The van der Waals surface area contributed by atoms with Crippen LogP contribution < -0.4 is 5.56 Å². The molecule has 5 nitrogen and oxygen atoms in total. The van der Waals surface area contributed by atoms with Crippen molar-refractivity contribution in [3.8, 4) is 0 Å². The van der Waals surface area contributed by atoms with Gasteiger partial charge in [-0.05, 0) is 62.9 Å². The third kappa shape index (κ3) is 4.20. The molecule has 30 heavy (non-hydrogen) atoms. The molecule has 0 bridgehead atoms. The lowest BCUT2D eigenvalue weighted by molar-refractivity contribution is 0.0937. The monoisotopic (exact) mass is 422 g/mol. The molecule has 1 fully saturated rings. The lowest BCUT2D eigenvalue weighted by atomic mass is 10.0. The number of hydrogen-bond donors (Lipinski definition) is 0. The fraction of sp³-hybridized carbons (Fsp3) is 0.375. The van der Waals surface area contributed by atoms with Crippen LogP contribution in [0.5, 0.6) is 0 Å². The van der Waals surface area contributed by atoms with E-state index in [0.717, 1.165) is 30.6 Å². The highest BCUT2D eigenvalue weighted by molar-refractivity contribution is 8.00. The quantitative estimate of drug-likeness (QED) is 0.331. The summed E-state index contributed by atoms with van der Waals surface area (Å²) in [6.07, 6.45) is 1.95. The zero-order valence-electron chi connectivity index (χ0n) is 17.6. The molecular weight excluding hydrogens is 396 g/mol. The molecule has 0 aliphatic carbocycles. The summed E-state index contributed by atoms with van der Waals surface area (Å²) in [6.45, 7) is 7.10. The van der Waals surface area contributed by atoms with E-state index >= 15 is 0 Å². The van der Waals surface area contributed by atoms with Crippen molar-refractivity contribution >= 4 is 28.4 Å². The normalized spacial score (nSPS) is 17.4. The van der Waals surface area contributed by atoms with Gasteiger partial charge in [-0.2, -0.15) is 0 Å². The molecule has 2 heterocycles. The number of Topliss-reactive ketones (excluding diaryl/α,β-unsaturated/α-hetero) is 1. The van der Waals surface area contributed by atoms with Gasteiger partial charge in [0.15, 0.2) is 10.9 Å². The molecule has 2 atom stereocenters. The summed E-state index contributed by atoms with van der Waals surface area (Å²) < 4.78 is 7.45. The van der Waals surface area contributed by atoms with Crippen LogP contribution in [0.4, 0.5) is 0 Å². The molecule has 1 aliphatic heterocycles. The van der Waals surface area contributed by atoms with Crippen LogP contribution in [0.2, 0.25) is 0 Å². The van der Waals surface area contributed by atoms with Crippen LogP contribution in [0.15, 0.2) is 52.4 Å². The van der Waals surface area contributed by atoms with Crippen molar-refractivity contribution < 1.29 is 9.53 Å². The average Bonchev–Trinajstić information content (AvgIpc) is 3.25. The number of para-hydroxylation sites is 1. The molecule has 0 saturated carbocycles. The average molecular weight is 423 g/mol. The zero-order valence-corrected chi connectivity index (χ0v) is 18.4. The maximum absolute atomic E-state index is 13.2. The number of thioether (sulfide) groups is 1. The fourth-order valence-corrected chi connectivity index (χ4v) is 4.73. The predicted molar refractivity (Wildman–Crippen MR) is 121 cm³/mol. The summed E-state index contributed by atoms with van der Waals surface area (Å²) in [5.41, 5.74) is 3.52. The van der Waals surface area contributed by atoms with E-state index in [9.17, 15) is 9.59 Å². The molecule has 156 valence electrons. The zero-order chi connectivity index (χ0) is 21.3. The molecule has 0 radical (unpaired) electrons. The Kier molecular flexibility index (Phi) is 6.06. The topological polar surface area (TPSA) is 61.2 Å². The number of ketones is 1. The highest BCUT2D eigenvalue weighted by Crippen LogP contribution is 2.27. The highest BCUT2D eigenvalue weighted by atomic mass is 32.2. The Morgan fingerprint density at radius 3 is 2.77 bits per heavy atom. The van der Waals surface area contributed by atoms with Gasteiger partial charge in [0.2, 0.25) is 0 Å². The highest BCUT2D eigenvalue weighted by Gasteiger charge is 2.24. The molecule has 0 N–H and O–H groups in total. The molecule has 4 rings (SSSR count). The molecule has 1 aliphatic rings. The number of ether oxygens (including phenoxy) is 1. The second kappa shape index (κ2) is 8.74. The van der Waals surface area contributed by atoms with Crippen molar-refractivity contribution in [2.45, 2.75) is 56.7 Å². The summed E-state index contributed by atoms with van der Waals surface area (Å²) in [6, 6.07) is 13.1. The van der Waals surface area contributed by atoms with Crippen LogP contribution in [0.25, 0.3) is 10.9 Å². The maximum Gasteiger partial charge on any atom is 0.262 e. The van der Waals surface area contributed by atoms with Crippen LogP contribution in [-0.2, 0) is 11.3 Å². The number of carbonyl (C=O) groups excluding carboxylic acids is 1. The third-order valence-corrected chi connectivity index (χ3v) is 6.77. The molecule has 0 unspecified atom stereocenters. The summed E-state index contributed by atoms with van der Waals surface area (Å²) >= 11 is 1.34. The first-order valence-corrected chi connectivity index (χ1v) is 11.2. The molecule has 1 aromatic heterocycles. The van der Waals surface area contributed by atoms with Crippen molar-refractivity contribution in [2.24, 2.45) is 0 Å². The van der Waals surface area contributed by atoms with Crippen molar-refractivity contribution in [3.05, 3.63) is 69.5 Å². The molecule has 1 saturated heterocycles. The van der Waals surface area contributed by atoms with E-state index in [0.29, 0.717) is 28.2 Å². The number of rotatable bonds is 6. The molecule has 3 aromatic rings. The Bertz CT molecular complexity index is 1150. The van der Waals surface area contributed by atoms with Crippen LogP contribution in [0, 0.1) is 13.8 Å². The van der Waals surface area contributed by atoms with Crippen LogP contribution >= 0.6 is 11.8 Å². The van der Waals surface area contributed by atoms with Crippen LogP contribution in [0.3, 0.4) is 0 Å². The Hall–Kier alpha value is -2.44. The van der Waals surface area contributed by atoms with Gasteiger partial charge in [-0.25, -0.2) is 4.98 Å². The molecule has 6 heteroatoms. The summed E-state index contributed by atoms with van der Waals surface area (Å²) in [5.74, 6) is 0.0363. The number of nitrogens with zero attached hydrogens (tertiary/aromatic N) is 2. The van der Waals surface area contributed by atoms with Crippen molar-refractivity contribution in [2.75, 3.05) is 6.61 Å². The molecule has 0 spiro atoms. The van der Waals surface area contributed by atoms with Gasteiger partial charge in [0, 0.05) is 12.2 Å². The first-order chi connectivity index (χ1) is 14.4. The second-order valence-corrected chi connectivity index (χ2v) is 9.19. The smallest absolute Gasteiger partial charge is 0.262 e. The van der Waals surface area contributed by atoms with Gasteiger partial charge in [0.1, 0.15) is 0 Å². The van der Waals surface area contributed by atoms with E-state index in [1.807, 2.05) is 57.2 Å². The fourth-order valence-electron chi connectivity index (χ4n) is 3.73. The van der Waals surface area contributed by atoms with Gasteiger partial charge < -0.3 is 4.74 Å². The van der Waals surface area contributed by atoms with Gasteiger partial charge in [-0.1, -0.05) is 36.0 Å². The second-order valence-electron chi connectivity index (χ2n) is 7.89. The van der Waals surface area contributed by atoms with E-state index < -0.39 is 0 Å². The number of benzene rings is 2. The standard InChI is InChI=1S/C24H26N2O3S/c1-15-10-11-18(13-16(15)2)22(27)17(3)30-24-25-21-9-5-4-8-20(21)23(28)26(24)14-19-7-6-12-29-19/h4-5,8-11,13,17,19H,6-7,12,14H2,1-3H3/t17-,19+/m0/s1. The predicted octanol–water partition coefficient (Wildman–Crippen LogP) is 4.56. The first kappa shape index (κ1) is 20.8. The number of aromatic nitrogens is 2. The van der Waals surface area contributed by atoms with Gasteiger partial charge in [0.05, 0.1) is 28.8 Å². The summed E-state index contributed by atoms with van der Waals surface area (Å²) in [5, 5.41) is 0.794. The Morgan fingerprint density at radius 2 is 2.03 bits per heavy atom. The third-order valence-electron chi connectivity index (χ3n) is 5.68. The Balaban J connectivity index is 1.68. The number of fused-ring (bicyclic) bond motifs is 1. The lowest BCUT2D eigenvalue weighted by Gasteiger charge is -2.18. The summed E-state index contributed by atoms with van der Waals surface area (Å²) in [7, 11) is 0. The van der Waals surface area contributed by atoms with Crippen molar-refractivity contribution in [3.63, 3.8) is 0 Å². The minimum absolute atomic E-state index is 0.00997. The number of carbonyl (C=O) groups is 1. The summed E-state index contributed by atoms with van der Waals surface area (Å²) in [4.78, 5) is 31.0. The van der Waals surface area contributed by atoms with E-state index in [-0.39, 0.29) is 22.7 Å². The van der Waals surface area contributed by atoms with Gasteiger partial charge >= 0.3 is 0 Å². The first-order valence-electron chi connectivity index (χ1n) is 10.3. The van der Waals surface area contributed by atoms with E-state index in [1.54, 1.807) is 10.6 Å². The van der Waals surface area contributed by atoms with Crippen molar-refractivity contribution in [1.82, 2.24) is 9.55 Å². The minimum atomic E-state index is -0.365. The van der Waals surface area contributed by atoms with Crippen LogP contribution in [0.1, 0.15) is 41.3 Å². The van der Waals surface area contributed by atoms with Gasteiger partial charge in [-0.15, -0.1) is 0 Å². The van der Waals surface area contributed by atoms with E-state index in [2.05, 4.69) is 0 Å². The van der Waals surface area contributed by atoms with E-state index in [4.69, 9.17) is 9.72 Å². The Labute approximate surface area is 180 Å². The number of hydrogen-bond acceptors (Lipinski definition) is 5.